The van der Waals surface area contributed by atoms with Crippen LogP contribution in [-0.4, -0.2) is 18.2 Å². The van der Waals surface area contributed by atoms with Gasteiger partial charge in [-0.1, -0.05) is 30.3 Å². The van der Waals surface area contributed by atoms with Gasteiger partial charge in [0.15, 0.2) is 0 Å². The maximum Gasteiger partial charge on any atom is 0.303 e. The highest BCUT2D eigenvalue weighted by molar-refractivity contribution is 5.66. The summed E-state index contributed by atoms with van der Waals surface area (Å²) in [5.41, 5.74) is 1.31. The van der Waals surface area contributed by atoms with E-state index in [1.807, 2.05) is 18.2 Å². The molecule has 2 rings (SSSR count). The van der Waals surface area contributed by atoms with Gasteiger partial charge in [-0.15, -0.1) is 0 Å². The molecule has 0 N–H and O–H groups in total. The van der Waals surface area contributed by atoms with Crippen LogP contribution < -0.4 is 0 Å². The van der Waals surface area contributed by atoms with Crippen molar-refractivity contribution in [2.24, 2.45) is 0 Å². The summed E-state index contributed by atoms with van der Waals surface area (Å²) in [6, 6.07) is 10.3. The van der Waals surface area contributed by atoms with E-state index in [0.717, 1.165) is 19.3 Å². The zero-order chi connectivity index (χ0) is 12.8. The van der Waals surface area contributed by atoms with Gasteiger partial charge < -0.3 is 9.47 Å². The van der Waals surface area contributed by atoms with Crippen molar-refractivity contribution < 1.29 is 14.3 Å². The average molecular weight is 246 g/mol. The Morgan fingerprint density at radius 2 is 2.17 bits per heavy atom. The molecule has 1 heterocycles. The molecule has 0 bridgehead atoms. The Morgan fingerprint density at radius 3 is 2.89 bits per heavy atom. The number of rotatable bonds is 4. The van der Waals surface area contributed by atoms with Gasteiger partial charge in [0.2, 0.25) is 0 Å². The molecule has 0 aliphatic carbocycles. The smallest absolute Gasteiger partial charge is 0.303 e. The molecular weight excluding hydrogens is 228 g/mol. The lowest BCUT2D eigenvalue weighted by Gasteiger charge is -2.25. The van der Waals surface area contributed by atoms with Crippen LogP contribution in [0.3, 0.4) is 0 Å². The molecular formula is C15H18O3. The summed E-state index contributed by atoms with van der Waals surface area (Å²) in [5, 5.41) is 0. The molecule has 3 heteroatoms. The molecule has 0 fully saturated rings. The molecule has 0 spiro atoms. The Labute approximate surface area is 107 Å². The van der Waals surface area contributed by atoms with Crippen LogP contribution in [0, 0.1) is 0 Å². The lowest BCUT2D eigenvalue weighted by molar-refractivity contribution is -0.146. The fourth-order valence-electron chi connectivity index (χ4n) is 2.10. The Morgan fingerprint density at radius 1 is 1.39 bits per heavy atom. The Hall–Kier alpha value is -1.77. The molecule has 1 aromatic rings. The molecule has 1 aromatic carbocycles. The van der Waals surface area contributed by atoms with Gasteiger partial charge in [0.25, 0.3) is 0 Å². The standard InChI is InChI=1S/C15H18O3/c1-12(16)18-15-9-10-17-14(11-15)8-7-13-5-3-2-4-6-13/h2-6,9-10,14-15H,7-8,11H2,1H3/t14-,15-/m1/s1. The van der Waals surface area contributed by atoms with Crippen LogP contribution >= 0.6 is 0 Å². The summed E-state index contributed by atoms with van der Waals surface area (Å²) in [5.74, 6) is -0.242. The second-order valence-electron chi connectivity index (χ2n) is 4.49. The lowest BCUT2D eigenvalue weighted by atomic mass is 10.0. The molecule has 0 unspecified atom stereocenters. The summed E-state index contributed by atoms with van der Waals surface area (Å²) in [6.07, 6.45) is 6.07. The van der Waals surface area contributed by atoms with E-state index >= 15 is 0 Å². The van der Waals surface area contributed by atoms with Crippen molar-refractivity contribution in [1.29, 1.82) is 0 Å². The largest absolute Gasteiger partial charge is 0.498 e. The van der Waals surface area contributed by atoms with E-state index in [1.54, 1.807) is 12.3 Å². The van der Waals surface area contributed by atoms with Crippen molar-refractivity contribution in [2.45, 2.75) is 38.4 Å². The van der Waals surface area contributed by atoms with E-state index in [0.29, 0.717) is 0 Å². The third-order valence-corrected chi connectivity index (χ3v) is 2.97. The molecule has 18 heavy (non-hydrogen) atoms. The number of ether oxygens (including phenoxy) is 2. The van der Waals surface area contributed by atoms with E-state index in [9.17, 15) is 4.79 Å². The summed E-state index contributed by atoms with van der Waals surface area (Å²) < 4.78 is 10.7. The van der Waals surface area contributed by atoms with Crippen molar-refractivity contribution in [1.82, 2.24) is 0 Å². The molecule has 0 aromatic heterocycles. The highest BCUT2D eigenvalue weighted by atomic mass is 16.5. The highest BCUT2D eigenvalue weighted by Gasteiger charge is 2.20. The zero-order valence-electron chi connectivity index (χ0n) is 10.5. The van der Waals surface area contributed by atoms with Crippen molar-refractivity contribution in [3.05, 3.63) is 48.2 Å². The minimum absolute atomic E-state index is 0.125. The van der Waals surface area contributed by atoms with Crippen LogP contribution in [-0.2, 0) is 20.7 Å². The summed E-state index contributed by atoms with van der Waals surface area (Å²) in [7, 11) is 0. The first-order valence-corrected chi connectivity index (χ1v) is 6.27. The molecule has 3 nitrogen and oxygen atoms in total. The van der Waals surface area contributed by atoms with E-state index < -0.39 is 0 Å². The van der Waals surface area contributed by atoms with Gasteiger partial charge in [-0.2, -0.15) is 0 Å². The fourth-order valence-corrected chi connectivity index (χ4v) is 2.10. The zero-order valence-corrected chi connectivity index (χ0v) is 10.5. The number of aryl methyl sites for hydroxylation is 1. The van der Waals surface area contributed by atoms with Crippen molar-refractivity contribution >= 4 is 5.97 Å². The predicted molar refractivity (Wildman–Crippen MR) is 68.9 cm³/mol. The molecule has 0 radical (unpaired) electrons. The summed E-state index contributed by atoms with van der Waals surface area (Å²) >= 11 is 0. The number of hydrogen-bond donors (Lipinski definition) is 0. The van der Waals surface area contributed by atoms with Gasteiger partial charge >= 0.3 is 5.97 Å². The summed E-state index contributed by atoms with van der Waals surface area (Å²) in [6.45, 7) is 1.43. The van der Waals surface area contributed by atoms with Gasteiger partial charge in [-0.3, -0.25) is 4.79 Å². The van der Waals surface area contributed by atoms with Gasteiger partial charge in [-0.25, -0.2) is 0 Å². The highest BCUT2D eigenvalue weighted by Crippen LogP contribution is 2.19. The maximum absolute atomic E-state index is 10.9. The molecule has 2 atom stereocenters. The first-order valence-electron chi connectivity index (χ1n) is 6.27. The quantitative estimate of drug-likeness (QED) is 0.766. The molecule has 1 aliphatic rings. The van der Waals surface area contributed by atoms with Gasteiger partial charge in [0, 0.05) is 13.3 Å². The number of benzene rings is 1. The monoisotopic (exact) mass is 246 g/mol. The Kier molecular flexibility index (Phi) is 4.40. The van der Waals surface area contributed by atoms with Crippen LogP contribution in [0.4, 0.5) is 0 Å². The van der Waals surface area contributed by atoms with Gasteiger partial charge in [0.05, 0.1) is 6.26 Å². The van der Waals surface area contributed by atoms with E-state index in [4.69, 9.17) is 9.47 Å². The number of hydrogen-bond acceptors (Lipinski definition) is 3. The Bertz CT molecular complexity index is 411. The lowest BCUT2D eigenvalue weighted by Crippen LogP contribution is -2.26. The average Bonchev–Trinajstić information content (AvgIpc) is 2.37. The normalized spacial score (nSPS) is 22.3. The van der Waals surface area contributed by atoms with Crippen molar-refractivity contribution in [3.63, 3.8) is 0 Å². The first kappa shape index (κ1) is 12.7. The van der Waals surface area contributed by atoms with Crippen LogP contribution in [0.2, 0.25) is 0 Å². The first-order chi connectivity index (χ1) is 8.74. The minimum Gasteiger partial charge on any atom is -0.498 e. The van der Waals surface area contributed by atoms with Crippen LogP contribution in [0.25, 0.3) is 0 Å². The van der Waals surface area contributed by atoms with Crippen LogP contribution in [0.5, 0.6) is 0 Å². The van der Waals surface area contributed by atoms with Gasteiger partial charge in [-0.05, 0) is 24.5 Å². The topological polar surface area (TPSA) is 35.5 Å². The molecule has 0 amide bonds. The molecule has 1 aliphatic heterocycles. The molecule has 0 saturated carbocycles. The van der Waals surface area contributed by atoms with E-state index in [1.165, 1.54) is 12.5 Å². The third-order valence-electron chi connectivity index (χ3n) is 2.97. The second kappa shape index (κ2) is 6.24. The second-order valence-corrected chi connectivity index (χ2v) is 4.49. The Balaban J connectivity index is 1.80. The van der Waals surface area contributed by atoms with E-state index in [2.05, 4.69) is 12.1 Å². The fraction of sp³-hybridized carbons (Fsp3) is 0.400. The van der Waals surface area contributed by atoms with E-state index in [-0.39, 0.29) is 18.2 Å². The van der Waals surface area contributed by atoms with Crippen molar-refractivity contribution in [3.8, 4) is 0 Å². The number of esters is 1. The number of carbonyl (C=O) groups excluding carboxylic acids is 1. The minimum atomic E-state index is -0.242. The molecule has 96 valence electrons. The van der Waals surface area contributed by atoms with Crippen LogP contribution in [0.15, 0.2) is 42.7 Å². The number of carbonyl (C=O) groups is 1. The maximum atomic E-state index is 10.9. The molecule has 0 saturated heterocycles. The van der Waals surface area contributed by atoms with Crippen LogP contribution in [0.1, 0.15) is 25.3 Å². The predicted octanol–water partition coefficient (Wildman–Crippen LogP) is 2.85. The third kappa shape index (κ3) is 3.91. The SMILES string of the molecule is CC(=O)O[C@@H]1C=CO[C@H](CCc2ccccc2)C1. The van der Waals surface area contributed by atoms with Gasteiger partial charge in [0.1, 0.15) is 12.2 Å². The summed E-state index contributed by atoms with van der Waals surface area (Å²) in [4.78, 5) is 10.9. The van der Waals surface area contributed by atoms with Crippen molar-refractivity contribution in [2.75, 3.05) is 0 Å².